The Morgan fingerprint density at radius 3 is 0.988 bits per heavy atom. The van der Waals surface area contributed by atoms with Gasteiger partial charge in [-0.3, -0.25) is 9.59 Å². The number of carbonyl (C=O) groups is 2. The molecule has 470 valence electrons. The monoisotopic (exact) mass is 1120 g/mol. The lowest BCUT2D eigenvalue weighted by Crippen LogP contribution is -2.45. The van der Waals surface area contributed by atoms with Crippen LogP contribution in [-0.2, 0) is 14.3 Å². The fourth-order valence-corrected chi connectivity index (χ4v) is 11.1. The van der Waals surface area contributed by atoms with Gasteiger partial charge in [0.1, 0.15) is 0 Å². The first kappa shape index (κ1) is 77.8. The van der Waals surface area contributed by atoms with Gasteiger partial charge in [-0.15, -0.1) is 0 Å². The summed E-state index contributed by atoms with van der Waals surface area (Å²) in [5, 5.41) is 23.2. The highest BCUT2D eigenvalue weighted by atomic mass is 16.5. The number of rotatable bonds is 67. The van der Waals surface area contributed by atoms with E-state index in [4.69, 9.17) is 4.74 Å². The van der Waals surface area contributed by atoms with Gasteiger partial charge in [-0.25, -0.2) is 0 Å². The Morgan fingerprint density at radius 1 is 0.350 bits per heavy atom. The lowest BCUT2D eigenvalue weighted by molar-refractivity contribution is -0.143. The zero-order chi connectivity index (χ0) is 57.8. The van der Waals surface area contributed by atoms with E-state index in [1.165, 1.54) is 308 Å². The molecule has 0 aliphatic rings. The van der Waals surface area contributed by atoms with Crippen LogP contribution in [0.1, 0.15) is 386 Å². The van der Waals surface area contributed by atoms with E-state index in [-0.39, 0.29) is 18.5 Å². The van der Waals surface area contributed by atoms with Crippen LogP contribution in [0.2, 0.25) is 0 Å². The molecule has 0 aromatic heterocycles. The smallest absolute Gasteiger partial charge is 0.305 e. The first-order chi connectivity index (χ1) is 39.5. The lowest BCUT2D eigenvalue weighted by atomic mass is 10.0. The van der Waals surface area contributed by atoms with Gasteiger partial charge in [-0.05, 0) is 89.9 Å². The number of aliphatic hydroxyl groups is 2. The predicted molar refractivity (Wildman–Crippen MR) is 352 cm³/mol. The molecule has 0 aliphatic carbocycles. The maximum atomic E-state index is 12.5. The average Bonchev–Trinajstić information content (AvgIpc) is 3.46. The van der Waals surface area contributed by atoms with Crippen molar-refractivity contribution in [1.29, 1.82) is 0 Å². The number of allylic oxidation sites excluding steroid dienone is 7. The normalized spacial score (nSPS) is 12.8. The minimum absolute atomic E-state index is 0.00396. The second kappa shape index (κ2) is 69.3. The number of esters is 1. The molecule has 0 rings (SSSR count). The molecule has 0 aromatic carbocycles. The Labute approximate surface area is 499 Å². The van der Waals surface area contributed by atoms with Crippen molar-refractivity contribution < 1.29 is 24.5 Å². The van der Waals surface area contributed by atoms with Crippen LogP contribution in [0.25, 0.3) is 0 Å². The van der Waals surface area contributed by atoms with E-state index in [9.17, 15) is 19.8 Å². The fraction of sp³-hybridized carbons (Fsp3) is 0.865. The topological polar surface area (TPSA) is 95.9 Å². The molecule has 0 bridgehead atoms. The molecule has 6 heteroatoms. The molecule has 0 saturated heterocycles. The zero-order valence-electron chi connectivity index (χ0n) is 53.8. The van der Waals surface area contributed by atoms with Crippen molar-refractivity contribution in [3.05, 3.63) is 48.6 Å². The molecule has 6 nitrogen and oxygen atoms in total. The van der Waals surface area contributed by atoms with Crippen molar-refractivity contribution in [2.75, 3.05) is 13.2 Å². The number of amides is 1. The van der Waals surface area contributed by atoms with E-state index in [1.807, 2.05) is 6.08 Å². The largest absolute Gasteiger partial charge is 0.466 e. The second-order valence-corrected chi connectivity index (χ2v) is 24.6. The van der Waals surface area contributed by atoms with E-state index in [0.29, 0.717) is 19.4 Å². The van der Waals surface area contributed by atoms with Gasteiger partial charge < -0.3 is 20.3 Å². The van der Waals surface area contributed by atoms with Gasteiger partial charge in [0.05, 0.1) is 25.4 Å². The molecule has 0 aliphatic heterocycles. The third-order valence-corrected chi connectivity index (χ3v) is 16.6. The Kier molecular flexibility index (Phi) is 67.4. The number of hydrogen-bond acceptors (Lipinski definition) is 5. The summed E-state index contributed by atoms with van der Waals surface area (Å²) in [5.41, 5.74) is 0. The van der Waals surface area contributed by atoms with Gasteiger partial charge in [0, 0.05) is 12.8 Å². The summed E-state index contributed by atoms with van der Waals surface area (Å²) in [6, 6.07) is -0.626. The third kappa shape index (κ3) is 65.0. The first-order valence-corrected chi connectivity index (χ1v) is 35.9. The number of unbranched alkanes of at least 4 members (excludes halogenated alkanes) is 50. The van der Waals surface area contributed by atoms with Crippen molar-refractivity contribution in [2.24, 2.45) is 0 Å². The molecule has 0 radical (unpaired) electrons. The SMILES string of the molecule is CCCCC/C=C\C/C=C\CCCCCCCC(=O)OCCCCCCCCCCCCCC/C=C\CCCCCCCCCCCCCCCCCCC(=O)NC(CO)C(O)/C=C/CCCCCCCCCCCCCCCC. The van der Waals surface area contributed by atoms with Gasteiger partial charge in [-0.2, -0.15) is 0 Å². The summed E-state index contributed by atoms with van der Waals surface area (Å²) in [6.45, 7) is 4.90. The van der Waals surface area contributed by atoms with Gasteiger partial charge in [0.2, 0.25) is 5.91 Å². The minimum atomic E-state index is -0.843. The molecule has 3 N–H and O–H groups in total. The molecule has 0 saturated carbocycles. The number of nitrogens with one attached hydrogen (secondary N) is 1. The highest BCUT2D eigenvalue weighted by Crippen LogP contribution is 2.18. The molecular formula is C74H139NO5. The van der Waals surface area contributed by atoms with E-state index in [2.05, 4.69) is 55.6 Å². The van der Waals surface area contributed by atoms with Gasteiger partial charge in [-0.1, -0.05) is 332 Å². The molecule has 0 fully saturated rings. The molecule has 0 aromatic rings. The zero-order valence-corrected chi connectivity index (χ0v) is 53.8. The molecule has 2 atom stereocenters. The van der Waals surface area contributed by atoms with Gasteiger partial charge in [0.15, 0.2) is 0 Å². The summed E-state index contributed by atoms with van der Waals surface area (Å²) in [4.78, 5) is 24.6. The van der Waals surface area contributed by atoms with Gasteiger partial charge >= 0.3 is 5.97 Å². The van der Waals surface area contributed by atoms with Gasteiger partial charge in [0.25, 0.3) is 0 Å². The van der Waals surface area contributed by atoms with Crippen molar-refractivity contribution in [1.82, 2.24) is 5.32 Å². The predicted octanol–water partition coefficient (Wildman–Crippen LogP) is 23.3. The van der Waals surface area contributed by atoms with Crippen LogP contribution < -0.4 is 5.32 Å². The number of hydrogen-bond donors (Lipinski definition) is 3. The second-order valence-electron chi connectivity index (χ2n) is 24.6. The average molecular weight is 1120 g/mol. The van der Waals surface area contributed by atoms with E-state index in [1.54, 1.807) is 6.08 Å². The summed E-state index contributed by atoms with van der Waals surface area (Å²) in [6.07, 6.45) is 90.6. The van der Waals surface area contributed by atoms with Crippen molar-refractivity contribution in [3.8, 4) is 0 Å². The number of carbonyl (C=O) groups excluding carboxylic acids is 2. The summed E-state index contributed by atoms with van der Waals surface area (Å²) >= 11 is 0. The molecular weight excluding hydrogens is 983 g/mol. The summed E-state index contributed by atoms with van der Waals surface area (Å²) in [5.74, 6) is -0.0593. The maximum absolute atomic E-state index is 12.5. The first-order valence-electron chi connectivity index (χ1n) is 35.9. The molecule has 2 unspecified atom stereocenters. The minimum Gasteiger partial charge on any atom is -0.466 e. The highest BCUT2D eigenvalue weighted by Gasteiger charge is 2.18. The van der Waals surface area contributed by atoms with E-state index < -0.39 is 12.1 Å². The third-order valence-electron chi connectivity index (χ3n) is 16.6. The summed E-state index contributed by atoms with van der Waals surface area (Å²) in [7, 11) is 0. The Hall–Kier alpha value is -2.18. The highest BCUT2D eigenvalue weighted by molar-refractivity contribution is 5.76. The van der Waals surface area contributed by atoms with Crippen LogP contribution in [0.4, 0.5) is 0 Å². The maximum Gasteiger partial charge on any atom is 0.305 e. The molecule has 0 heterocycles. The molecule has 80 heavy (non-hydrogen) atoms. The van der Waals surface area contributed by atoms with Crippen LogP contribution in [0.5, 0.6) is 0 Å². The molecule has 1 amide bonds. The summed E-state index contributed by atoms with van der Waals surface area (Å²) < 4.78 is 5.49. The van der Waals surface area contributed by atoms with E-state index >= 15 is 0 Å². The van der Waals surface area contributed by atoms with Crippen LogP contribution in [0.15, 0.2) is 48.6 Å². The Bertz CT molecular complexity index is 1340. The van der Waals surface area contributed by atoms with Crippen LogP contribution >= 0.6 is 0 Å². The van der Waals surface area contributed by atoms with E-state index in [0.717, 1.165) is 51.4 Å². The van der Waals surface area contributed by atoms with Crippen LogP contribution in [-0.4, -0.2) is 47.4 Å². The lowest BCUT2D eigenvalue weighted by Gasteiger charge is -2.20. The Balaban J connectivity index is 3.37. The van der Waals surface area contributed by atoms with Crippen molar-refractivity contribution >= 4 is 11.9 Å². The van der Waals surface area contributed by atoms with Crippen LogP contribution in [0, 0.1) is 0 Å². The quantitative estimate of drug-likeness (QED) is 0.0320. The Morgan fingerprint density at radius 2 is 0.625 bits per heavy atom. The number of ether oxygens (including phenoxy) is 1. The van der Waals surface area contributed by atoms with Crippen LogP contribution in [0.3, 0.4) is 0 Å². The van der Waals surface area contributed by atoms with Crippen molar-refractivity contribution in [3.63, 3.8) is 0 Å². The van der Waals surface area contributed by atoms with Crippen molar-refractivity contribution in [2.45, 2.75) is 398 Å². The molecule has 0 spiro atoms. The standard InChI is InChI=1S/C74H139NO5/c1-3-5-7-9-11-13-15-17-19-39-42-46-50-54-58-62-66-72(77)71(70-76)75-73(78)67-63-59-55-51-47-43-40-36-34-32-30-28-26-24-22-20-21-23-25-27-29-31-33-35-37-41-45-49-53-57-61-65-69-80-74(79)68-64-60-56-52-48-44-38-18-16-14-12-10-8-6-4-2/h12,14,18,23,25,38,62,66,71-72,76-77H,3-11,13,15-17,19-22,24,26-37,39-61,63-65,67-70H2,1-2H3,(H,75,78)/b14-12-,25-23-,38-18-,66-62+. The fourth-order valence-electron chi connectivity index (χ4n) is 11.1. The number of aliphatic hydroxyl groups excluding tert-OH is 2.